The number of aromatic nitrogens is 5. The lowest BCUT2D eigenvalue weighted by Gasteiger charge is -2.12. The van der Waals surface area contributed by atoms with E-state index >= 15 is 0 Å². The number of fused-ring (bicyclic) bond motifs is 1. The van der Waals surface area contributed by atoms with Crippen LogP contribution in [0.2, 0.25) is 10.0 Å². The Morgan fingerprint density at radius 2 is 1.59 bits per heavy atom. The molecule has 0 fully saturated rings. The first-order valence-corrected chi connectivity index (χ1v) is 11.6. The molecule has 0 amide bonds. The van der Waals surface area contributed by atoms with Crippen molar-refractivity contribution in [1.82, 2.24) is 24.6 Å². The molecule has 0 atom stereocenters. The topological polar surface area (TPSA) is 68.0 Å². The van der Waals surface area contributed by atoms with Crippen molar-refractivity contribution in [2.75, 3.05) is 5.32 Å². The lowest BCUT2D eigenvalue weighted by Crippen LogP contribution is -2.07. The summed E-state index contributed by atoms with van der Waals surface area (Å²) >= 11 is 13.6. The predicted octanol–water partition coefficient (Wildman–Crippen LogP) is 6.51. The number of aryl methyl sites for hydroxylation is 2. The van der Waals surface area contributed by atoms with Crippen LogP contribution < -0.4 is 5.32 Å². The molecule has 0 aliphatic rings. The third-order valence-corrected chi connectivity index (χ3v) is 6.39. The number of nitrogens with one attached hydrogen (secondary N) is 1. The summed E-state index contributed by atoms with van der Waals surface area (Å²) in [7, 11) is 0. The van der Waals surface area contributed by atoms with Gasteiger partial charge < -0.3 is 5.32 Å². The van der Waals surface area contributed by atoms with Crippen LogP contribution in [0.4, 0.5) is 11.8 Å². The number of rotatable bonds is 5. The first-order chi connectivity index (χ1) is 15.5. The van der Waals surface area contributed by atoms with Crippen LogP contribution in [-0.2, 0) is 6.42 Å². The van der Waals surface area contributed by atoms with Gasteiger partial charge >= 0.3 is 0 Å². The van der Waals surface area contributed by atoms with Gasteiger partial charge in [-0.2, -0.15) is 4.98 Å². The normalized spacial score (nSPS) is 11.2. The summed E-state index contributed by atoms with van der Waals surface area (Å²) in [6.45, 7) is 3.87. The van der Waals surface area contributed by atoms with Gasteiger partial charge in [-0.1, -0.05) is 47.5 Å². The molecule has 9 heteroatoms. The molecule has 0 saturated carbocycles. The second kappa shape index (κ2) is 8.50. The molecule has 0 aliphatic carbocycles. The van der Waals surface area contributed by atoms with Crippen LogP contribution in [0, 0.1) is 13.8 Å². The molecule has 3 heterocycles. The van der Waals surface area contributed by atoms with Crippen molar-refractivity contribution in [2.45, 2.75) is 20.3 Å². The highest BCUT2D eigenvalue weighted by molar-refractivity contribution is 7.15. The summed E-state index contributed by atoms with van der Waals surface area (Å²) in [5.41, 5.74) is 5.01. The molecule has 2 aromatic carbocycles. The van der Waals surface area contributed by atoms with Crippen LogP contribution >= 0.6 is 34.5 Å². The van der Waals surface area contributed by atoms with Gasteiger partial charge in [-0.15, -0.1) is 16.4 Å². The van der Waals surface area contributed by atoms with E-state index in [2.05, 4.69) is 25.4 Å². The zero-order chi connectivity index (χ0) is 22.2. The number of halogens is 2. The Morgan fingerprint density at radius 3 is 2.31 bits per heavy atom. The number of thiazole rings is 1. The second-order valence-corrected chi connectivity index (χ2v) is 9.08. The highest BCUT2D eigenvalue weighted by Gasteiger charge is 2.16. The van der Waals surface area contributed by atoms with E-state index in [0.29, 0.717) is 34.1 Å². The average molecular weight is 481 g/mol. The van der Waals surface area contributed by atoms with Crippen molar-refractivity contribution in [3.05, 3.63) is 86.6 Å². The maximum atomic E-state index is 6.04. The SMILES string of the molecule is Cc1nc(C)c(Cc2ccc(Cl)cc2)c(Nc2nc3scc(-c4ccc(Cl)cc4)n3n2)n1. The van der Waals surface area contributed by atoms with E-state index in [1.807, 2.05) is 72.3 Å². The fourth-order valence-corrected chi connectivity index (χ4v) is 4.60. The van der Waals surface area contributed by atoms with E-state index in [1.165, 1.54) is 11.3 Å². The molecule has 32 heavy (non-hydrogen) atoms. The molecule has 0 unspecified atom stereocenters. The molecule has 0 spiro atoms. The third kappa shape index (κ3) is 4.19. The fourth-order valence-electron chi connectivity index (χ4n) is 3.52. The fraction of sp³-hybridized carbons (Fsp3) is 0.130. The van der Waals surface area contributed by atoms with Crippen LogP contribution in [0.5, 0.6) is 0 Å². The van der Waals surface area contributed by atoms with Gasteiger partial charge in [0.2, 0.25) is 10.9 Å². The number of nitrogens with zero attached hydrogens (tertiary/aromatic N) is 5. The van der Waals surface area contributed by atoms with Crippen molar-refractivity contribution >= 4 is 51.3 Å². The Labute approximate surface area is 198 Å². The molecule has 5 aromatic rings. The second-order valence-electron chi connectivity index (χ2n) is 7.37. The Morgan fingerprint density at radius 1 is 0.906 bits per heavy atom. The third-order valence-electron chi connectivity index (χ3n) is 5.07. The molecular formula is C23H18Cl2N6S. The summed E-state index contributed by atoms with van der Waals surface area (Å²) in [5, 5.41) is 11.4. The quantitative estimate of drug-likeness (QED) is 0.310. The molecule has 6 nitrogen and oxygen atoms in total. The van der Waals surface area contributed by atoms with Gasteiger partial charge in [0.25, 0.3) is 0 Å². The van der Waals surface area contributed by atoms with Gasteiger partial charge in [0.05, 0.1) is 5.69 Å². The summed E-state index contributed by atoms with van der Waals surface area (Å²) in [6, 6.07) is 15.5. The summed E-state index contributed by atoms with van der Waals surface area (Å²) in [4.78, 5) is 14.6. The van der Waals surface area contributed by atoms with Crippen molar-refractivity contribution in [1.29, 1.82) is 0 Å². The van der Waals surface area contributed by atoms with Crippen LogP contribution in [0.1, 0.15) is 22.6 Å². The van der Waals surface area contributed by atoms with Crippen molar-refractivity contribution in [2.24, 2.45) is 0 Å². The molecule has 0 radical (unpaired) electrons. The van der Waals surface area contributed by atoms with Gasteiger partial charge in [0, 0.05) is 38.7 Å². The van der Waals surface area contributed by atoms with E-state index in [1.54, 1.807) is 0 Å². The highest BCUT2D eigenvalue weighted by atomic mass is 35.5. The van der Waals surface area contributed by atoms with Gasteiger partial charge in [-0.05, 0) is 43.7 Å². The highest BCUT2D eigenvalue weighted by Crippen LogP contribution is 2.29. The van der Waals surface area contributed by atoms with E-state index in [4.69, 9.17) is 23.2 Å². The smallest absolute Gasteiger partial charge is 0.249 e. The van der Waals surface area contributed by atoms with Gasteiger partial charge in [-0.3, -0.25) is 0 Å². The molecule has 5 rings (SSSR count). The van der Waals surface area contributed by atoms with Crippen molar-refractivity contribution in [3.63, 3.8) is 0 Å². The Balaban J connectivity index is 1.49. The molecule has 0 aliphatic heterocycles. The molecule has 1 N–H and O–H groups in total. The number of hydrogen-bond acceptors (Lipinski definition) is 6. The van der Waals surface area contributed by atoms with Gasteiger partial charge in [0.15, 0.2) is 0 Å². The van der Waals surface area contributed by atoms with E-state index in [0.717, 1.165) is 33.0 Å². The largest absolute Gasteiger partial charge is 0.307 e. The maximum Gasteiger partial charge on any atom is 0.249 e. The minimum Gasteiger partial charge on any atom is -0.307 e. The lowest BCUT2D eigenvalue weighted by molar-refractivity contribution is 0.952. The van der Waals surface area contributed by atoms with Crippen LogP contribution in [0.15, 0.2) is 53.9 Å². The van der Waals surface area contributed by atoms with E-state index in [-0.39, 0.29) is 0 Å². The first-order valence-electron chi connectivity index (χ1n) is 9.92. The number of hydrogen-bond donors (Lipinski definition) is 1. The lowest BCUT2D eigenvalue weighted by atomic mass is 10.0. The summed E-state index contributed by atoms with van der Waals surface area (Å²) in [5.74, 6) is 1.88. The predicted molar refractivity (Wildman–Crippen MR) is 130 cm³/mol. The molecule has 0 bridgehead atoms. The molecule has 3 aromatic heterocycles. The zero-order valence-electron chi connectivity index (χ0n) is 17.3. The Kier molecular flexibility index (Phi) is 5.55. The molecule has 0 saturated heterocycles. The number of benzene rings is 2. The first kappa shape index (κ1) is 20.9. The van der Waals surface area contributed by atoms with Gasteiger partial charge in [0.1, 0.15) is 11.6 Å². The molecule has 160 valence electrons. The minimum absolute atomic E-state index is 0.488. The van der Waals surface area contributed by atoms with Crippen LogP contribution in [0.25, 0.3) is 16.2 Å². The van der Waals surface area contributed by atoms with Crippen molar-refractivity contribution < 1.29 is 0 Å². The van der Waals surface area contributed by atoms with Crippen LogP contribution in [-0.4, -0.2) is 24.6 Å². The Hall–Kier alpha value is -3.00. The van der Waals surface area contributed by atoms with Gasteiger partial charge in [-0.25, -0.2) is 14.5 Å². The maximum absolute atomic E-state index is 6.04. The monoisotopic (exact) mass is 480 g/mol. The standard InChI is InChI=1S/C23H18Cl2N6S/c1-13-19(11-15-3-7-17(24)8-4-15)21(27-14(2)26-13)28-22-29-23-31(30-22)20(12-32-23)16-5-9-18(25)10-6-16/h3-10,12H,11H2,1-2H3,(H,26,27,28,30). The Bertz CT molecular complexity index is 1410. The molecular weight excluding hydrogens is 463 g/mol. The minimum atomic E-state index is 0.488. The van der Waals surface area contributed by atoms with Crippen LogP contribution in [0.3, 0.4) is 0 Å². The summed E-state index contributed by atoms with van der Waals surface area (Å²) < 4.78 is 1.83. The number of anilines is 2. The average Bonchev–Trinajstić information content (AvgIpc) is 3.33. The van der Waals surface area contributed by atoms with E-state index in [9.17, 15) is 0 Å². The van der Waals surface area contributed by atoms with E-state index < -0.39 is 0 Å². The zero-order valence-corrected chi connectivity index (χ0v) is 19.6. The summed E-state index contributed by atoms with van der Waals surface area (Å²) in [6.07, 6.45) is 0.670. The van der Waals surface area contributed by atoms with Crippen molar-refractivity contribution in [3.8, 4) is 11.3 Å².